The van der Waals surface area contributed by atoms with Gasteiger partial charge in [0.1, 0.15) is 0 Å². The van der Waals surface area contributed by atoms with Crippen LogP contribution in [0.15, 0.2) is 24.5 Å². The number of nitrogens with zero attached hydrogens (tertiary/aromatic N) is 2. The Bertz CT molecular complexity index is 447. The summed E-state index contributed by atoms with van der Waals surface area (Å²) in [5.41, 5.74) is 1.12. The van der Waals surface area contributed by atoms with E-state index in [2.05, 4.69) is 10.3 Å². The molecule has 1 aliphatic heterocycles. The maximum atomic E-state index is 12.0. The Morgan fingerprint density at radius 1 is 1.47 bits per heavy atom. The van der Waals surface area contributed by atoms with E-state index in [9.17, 15) is 9.59 Å². The maximum Gasteiger partial charge on any atom is 0.246 e. The number of carbonyl (C=O) groups is 2. The Labute approximate surface area is 113 Å². The molecule has 1 saturated heterocycles. The molecule has 1 N–H and O–H groups in total. The topological polar surface area (TPSA) is 62.3 Å². The van der Waals surface area contributed by atoms with Gasteiger partial charge in [-0.15, -0.1) is 0 Å². The van der Waals surface area contributed by atoms with Crippen molar-refractivity contribution in [3.63, 3.8) is 0 Å². The number of rotatable bonds is 6. The fourth-order valence-electron chi connectivity index (χ4n) is 2.24. The van der Waals surface area contributed by atoms with Gasteiger partial charge in [-0.25, -0.2) is 0 Å². The molecule has 1 unspecified atom stereocenters. The monoisotopic (exact) mass is 261 g/mol. The minimum atomic E-state index is -0.351. The molecule has 1 fully saturated rings. The van der Waals surface area contributed by atoms with Gasteiger partial charge in [0.05, 0.1) is 12.5 Å². The van der Waals surface area contributed by atoms with Crippen molar-refractivity contribution in [3.05, 3.63) is 30.1 Å². The Balaban J connectivity index is 1.81. The molecule has 2 heterocycles. The molecule has 2 rings (SSSR count). The van der Waals surface area contributed by atoms with Gasteiger partial charge in [0.15, 0.2) is 0 Å². The Hall–Kier alpha value is -1.75. The highest BCUT2D eigenvalue weighted by molar-refractivity contribution is 6.05. The van der Waals surface area contributed by atoms with E-state index in [-0.39, 0.29) is 24.3 Å². The first kappa shape index (κ1) is 13.7. The smallest absolute Gasteiger partial charge is 0.246 e. The van der Waals surface area contributed by atoms with Gasteiger partial charge in [-0.1, -0.05) is 13.0 Å². The van der Waals surface area contributed by atoms with E-state index >= 15 is 0 Å². The first-order valence-electron chi connectivity index (χ1n) is 6.69. The van der Waals surface area contributed by atoms with Gasteiger partial charge in [-0.3, -0.25) is 19.5 Å². The highest BCUT2D eigenvalue weighted by Crippen LogP contribution is 2.13. The van der Waals surface area contributed by atoms with Gasteiger partial charge in [-0.05, 0) is 31.0 Å². The number of amides is 2. The third-order valence-corrected chi connectivity index (χ3v) is 3.22. The third-order valence-electron chi connectivity index (χ3n) is 3.22. The molecule has 0 spiro atoms. The van der Waals surface area contributed by atoms with Gasteiger partial charge >= 0.3 is 0 Å². The Morgan fingerprint density at radius 2 is 2.32 bits per heavy atom. The maximum absolute atomic E-state index is 12.0. The van der Waals surface area contributed by atoms with E-state index in [1.54, 1.807) is 6.20 Å². The molecule has 1 atom stereocenters. The van der Waals surface area contributed by atoms with Crippen LogP contribution >= 0.6 is 0 Å². The minimum absolute atomic E-state index is 0.0641. The van der Waals surface area contributed by atoms with Crippen LogP contribution in [0.4, 0.5) is 0 Å². The quantitative estimate of drug-likeness (QED) is 0.768. The van der Waals surface area contributed by atoms with E-state index in [1.165, 1.54) is 4.90 Å². The number of imide groups is 1. The van der Waals surface area contributed by atoms with Crippen molar-refractivity contribution in [2.24, 2.45) is 0 Å². The van der Waals surface area contributed by atoms with Crippen LogP contribution in [-0.4, -0.2) is 40.8 Å². The average molecular weight is 261 g/mol. The lowest BCUT2D eigenvalue weighted by atomic mass is 10.2. The molecule has 1 aliphatic rings. The first-order valence-corrected chi connectivity index (χ1v) is 6.69. The summed E-state index contributed by atoms with van der Waals surface area (Å²) in [5, 5.41) is 3.16. The number of pyridine rings is 1. The number of hydrogen-bond donors (Lipinski definition) is 1. The van der Waals surface area contributed by atoms with Crippen molar-refractivity contribution in [2.75, 3.05) is 13.1 Å². The second kappa shape index (κ2) is 6.43. The predicted molar refractivity (Wildman–Crippen MR) is 71.4 cm³/mol. The Morgan fingerprint density at radius 3 is 3.00 bits per heavy atom. The van der Waals surface area contributed by atoms with Crippen LogP contribution in [0.2, 0.25) is 0 Å². The lowest BCUT2D eigenvalue weighted by molar-refractivity contribution is -0.138. The van der Waals surface area contributed by atoms with Crippen molar-refractivity contribution < 1.29 is 9.59 Å². The lowest BCUT2D eigenvalue weighted by Crippen LogP contribution is -2.39. The molecule has 1 aromatic rings. The van der Waals surface area contributed by atoms with Crippen LogP contribution < -0.4 is 5.32 Å². The van der Waals surface area contributed by atoms with Crippen molar-refractivity contribution in [3.8, 4) is 0 Å². The van der Waals surface area contributed by atoms with Crippen molar-refractivity contribution in [2.45, 2.75) is 32.2 Å². The summed E-state index contributed by atoms with van der Waals surface area (Å²) >= 11 is 0. The van der Waals surface area contributed by atoms with Crippen LogP contribution in [0.3, 0.4) is 0 Å². The van der Waals surface area contributed by atoms with Gasteiger partial charge < -0.3 is 5.32 Å². The molecule has 0 aromatic carbocycles. The molecule has 19 heavy (non-hydrogen) atoms. The van der Waals surface area contributed by atoms with Crippen molar-refractivity contribution in [1.82, 2.24) is 15.2 Å². The first-order chi connectivity index (χ1) is 9.22. The molecule has 5 nitrogen and oxygen atoms in total. The molecular formula is C14H19N3O2. The molecule has 0 saturated carbocycles. The number of hydrogen-bond acceptors (Lipinski definition) is 4. The fraction of sp³-hybridized carbons (Fsp3) is 0.500. The second-order valence-corrected chi connectivity index (χ2v) is 4.71. The zero-order valence-corrected chi connectivity index (χ0v) is 11.1. The molecule has 5 heteroatoms. The standard InChI is InChI=1S/C14H19N3O2/c1-2-8-17-13(18)9-12(14(17)19)16-7-5-11-4-3-6-15-10-11/h3-4,6,10,12,16H,2,5,7-9H2,1H3. The second-order valence-electron chi connectivity index (χ2n) is 4.71. The molecule has 102 valence electrons. The number of carbonyl (C=O) groups excluding carboxylic acids is 2. The van der Waals surface area contributed by atoms with Crippen LogP contribution in [0.1, 0.15) is 25.3 Å². The summed E-state index contributed by atoms with van der Waals surface area (Å²) in [6.07, 6.45) is 5.44. The normalized spacial score (nSPS) is 19.2. The van der Waals surface area contributed by atoms with Crippen LogP contribution in [-0.2, 0) is 16.0 Å². The zero-order valence-electron chi connectivity index (χ0n) is 11.1. The van der Waals surface area contributed by atoms with Crippen molar-refractivity contribution in [1.29, 1.82) is 0 Å². The Kier molecular flexibility index (Phi) is 4.63. The minimum Gasteiger partial charge on any atom is -0.305 e. The van der Waals surface area contributed by atoms with E-state index in [1.807, 2.05) is 25.3 Å². The van der Waals surface area contributed by atoms with E-state index in [0.29, 0.717) is 13.1 Å². The summed E-state index contributed by atoms with van der Waals surface area (Å²) in [5.74, 6) is -0.149. The molecular weight excluding hydrogens is 242 g/mol. The van der Waals surface area contributed by atoms with Crippen LogP contribution in [0, 0.1) is 0 Å². The fourth-order valence-corrected chi connectivity index (χ4v) is 2.24. The van der Waals surface area contributed by atoms with Crippen molar-refractivity contribution >= 4 is 11.8 Å². The summed E-state index contributed by atoms with van der Waals surface area (Å²) < 4.78 is 0. The largest absolute Gasteiger partial charge is 0.305 e. The summed E-state index contributed by atoms with van der Waals surface area (Å²) in [6, 6.07) is 3.54. The number of likely N-dealkylation sites (tertiary alicyclic amines) is 1. The predicted octanol–water partition coefficient (Wildman–Crippen LogP) is 0.751. The van der Waals surface area contributed by atoms with Gasteiger partial charge in [0.25, 0.3) is 0 Å². The summed E-state index contributed by atoms with van der Waals surface area (Å²) in [7, 11) is 0. The third kappa shape index (κ3) is 3.38. The number of aromatic nitrogens is 1. The number of nitrogens with one attached hydrogen (secondary N) is 1. The molecule has 0 aliphatic carbocycles. The van der Waals surface area contributed by atoms with E-state index < -0.39 is 0 Å². The van der Waals surface area contributed by atoms with Crippen LogP contribution in [0.25, 0.3) is 0 Å². The van der Waals surface area contributed by atoms with Gasteiger partial charge in [-0.2, -0.15) is 0 Å². The van der Waals surface area contributed by atoms with E-state index in [4.69, 9.17) is 0 Å². The highest BCUT2D eigenvalue weighted by atomic mass is 16.2. The SMILES string of the molecule is CCCN1C(=O)CC(NCCc2cccnc2)C1=O. The van der Waals surface area contributed by atoms with Crippen LogP contribution in [0.5, 0.6) is 0 Å². The van der Waals surface area contributed by atoms with Gasteiger partial charge in [0, 0.05) is 18.9 Å². The van der Waals surface area contributed by atoms with Gasteiger partial charge in [0.2, 0.25) is 11.8 Å². The highest BCUT2D eigenvalue weighted by Gasteiger charge is 2.37. The molecule has 2 amide bonds. The van der Waals surface area contributed by atoms with E-state index in [0.717, 1.165) is 18.4 Å². The zero-order chi connectivity index (χ0) is 13.7. The summed E-state index contributed by atoms with van der Waals surface area (Å²) in [4.78, 5) is 29.1. The lowest BCUT2D eigenvalue weighted by Gasteiger charge is -2.14. The summed E-state index contributed by atoms with van der Waals surface area (Å²) in [6.45, 7) is 3.16. The average Bonchev–Trinajstić information content (AvgIpc) is 2.68. The molecule has 0 radical (unpaired) electrons. The molecule has 0 bridgehead atoms. The molecule has 1 aromatic heterocycles.